The lowest BCUT2D eigenvalue weighted by Crippen LogP contribution is -2.23. The van der Waals surface area contributed by atoms with Crippen molar-refractivity contribution in [3.05, 3.63) is 46.5 Å². The quantitative estimate of drug-likeness (QED) is 0.759. The van der Waals surface area contributed by atoms with Crippen molar-refractivity contribution in [2.75, 3.05) is 36.5 Å². The number of rotatable bonds is 5. The minimum absolute atomic E-state index is 0.108. The molecule has 8 heteroatoms. The second kappa shape index (κ2) is 8.83. The van der Waals surface area contributed by atoms with Gasteiger partial charge in [0.05, 0.1) is 36.0 Å². The van der Waals surface area contributed by atoms with Gasteiger partial charge in [0, 0.05) is 25.1 Å². The third kappa shape index (κ3) is 4.46. The molecule has 158 valence electrons. The predicted octanol–water partition coefficient (Wildman–Crippen LogP) is 3.38. The van der Waals surface area contributed by atoms with Crippen LogP contribution in [0, 0.1) is 0 Å². The highest BCUT2D eigenvalue weighted by atomic mass is 35.5. The number of halogens is 1. The first-order valence-corrected chi connectivity index (χ1v) is 10.5. The molecule has 2 aromatic carbocycles. The molecule has 0 spiro atoms. The van der Waals surface area contributed by atoms with E-state index in [2.05, 4.69) is 10.2 Å². The Morgan fingerprint density at radius 1 is 1.07 bits per heavy atom. The van der Waals surface area contributed by atoms with E-state index in [0.717, 1.165) is 43.6 Å². The molecule has 0 atom stereocenters. The van der Waals surface area contributed by atoms with Gasteiger partial charge < -0.3 is 25.4 Å². The van der Waals surface area contributed by atoms with Crippen LogP contribution in [0.5, 0.6) is 11.5 Å². The van der Waals surface area contributed by atoms with Crippen LogP contribution in [-0.2, 0) is 11.2 Å². The Hall–Kier alpha value is -2.93. The molecule has 0 aromatic heterocycles. The Morgan fingerprint density at radius 3 is 2.60 bits per heavy atom. The second-order valence-electron chi connectivity index (χ2n) is 7.47. The highest BCUT2D eigenvalue weighted by Crippen LogP contribution is 2.38. The van der Waals surface area contributed by atoms with Gasteiger partial charge in [-0.1, -0.05) is 11.6 Å². The van der Waals surface area contributed by atoms with Crippen molar-refractivity contribution in [1.82, 2.24) is 0 Å². The largest absolute Gasteiger partial charge is 0.489 e. The summed E-state index contributed by atoms with van der Waals surface area (Å²) in [6.07, 6.45) is 3.08. The molecular formula is C22H24ClN3O4. The van der Waals surface area contributed by atoms with Gasteiger partial charge in [-0.3, -0.25) is 9.59 Å². The summed E-state index contributed by atoms with van der Waals surface area (Å²) in [6.45, 7) is 2.91. The summed E-state index contributed by atoms with van der Waals surface area (Å²) in [5, 5.41) is 3.36. The molecule has 30 heavy (non-hydrogen) atoms. The number of amides is 2. The number of benzene rings is 2. The van der Waals surface area contributed by atoms with Crippen LogP contribution in [0.4, 0.5) is 11.4 Å². The third-order valence-electron chi connectivity index (χ3n) is 5.23. The van der Waals surface area contributed by atoms with Crippen LogP contribution in [0.25, 0.3) is 0 Å². The van der Waals surface area contributed by atoms with Crippen molar-refractivity contribution in [3.8, 4) is 11.5 Å². The molecule has 2 aliphatic heterocycles. The zero-order valence-corrected chi connectivity index (χ0v) is 17.3. The zero-order valence-electron chi connectivity index (χ0n) is 16.6. The van der Waals surface area contributed by atoms with Gasteiger partial charge in [-0.25, -0.2) is 0 Å². The minimum Gasteiger partial charge on any atom is -0.489 e. The van der Waals surface area contributed by atoms with Gasteiger partial charge in [-0.2, -0.15) is 0 Å². The molecule has 1 saturated heterocycles. The number of carbonyl (C=O) groups excluding carboxylic acids is 2. The molecule has 2 amide bonds. The number of anilines is 2. The lowest BCUT2D eigenvalue weighted by Gasteiger charge is -2.22. The van der Waals surface area contributed by atoms with E-state index in [0.29, 0.717) is 41.0 Å². The summed E-state index contributed by atoms with van der Waals surface area (Å²) in [4.78, 5) is 26.6. The summed E-state index contributed by atoms with van der Waals surface area (Å²) in [7, 11) is 0. The van der Waals surface area contributed by atoms with Crippen LogP contribution in [0.2, 0.25) is 5.02 Å². The molecule has 0 radical (unpaired) electrons. The van der Waals surface area contributed by atoms with Crippen molar-refractivity contribution in [2.45, 2.75) is 25.7 Å². The molecule has 1 fully saturated rings. The number of carbonyl (C=O) groups is 2. The first-order valence-electron chi connectivity index (χ1n) is 10.1. The average Bonchev–Trinajstić information content (AvgIpc) is 3.13. The lowest BCUT2D eigenvalue weighted by molar-refractivity contribution is -0.115. The first-order chi connectivity index (χ1) is 14.5. The number of ether oxygens (including phenoxy) is 2. The van der Waals surface area contributed by atoms with E-state index in [1.807, 2.05) is 6.07 Å². The molecule has 7 nitrogen and oxygen atoms in total. The summed E-state index contributed by atoms with van der Waals surface area (Å²) >= 11 is 6.34. The van der Waals surface area contributed by atoms with Gasteiger partial charge in [-0.15, -0.1) is 0 Å². The Kier molecular flexibility index (Phi) is 5.99. The Balaban J connectivity index is 1.55. The van der Waals surface area contributed by atoms with Gasteiger partial charge >= 0.3 is 0 Å². The summed E-state index contributed by atoms with van der Waals surface area (Å²) < 4.78 is 11.3. The monoisotopic (exact) mass is 429 g/mol. The number of fused-ring (bicyclic) bond motifs is 1. The Labute approximate surface area is 180 Å². The van der Waals surface area contributed by atoms with E-state index in [9.17, 15) is 9.59 Å². The molecule has 0 saturated carbocycles. The van der Waals surface area contributed by atoms with Crippen LogP contribution in [0.3, 0.4) is 0 Å². The number of nitrogens with zero attached hydrogens (tertiary/aromatic N) is 1. The number of hydrogen-bond acceptors (Lipinski definition) is 5. The van der Waals surface area contributed by atoms with Gasteiger partial charge in [0.15, 0.2) is 11.5 Å². The average molecular weight is 430 g/mol. The van der Waals surface area contributed by atoms with Crippen molar-refractivity contribution in [3.63, 3.8) is 0 Å². The fraction of sp³-hybridized carbons (Fsp3) is 0.364. The molecule has 2 aliphatic rings. The van der Waals surface area contributed by atoms with E-state index in [1.165, 1.54) is 0 Å². The van der Waals surface area contributed by atoms with Crippen molar-refractivity contribution in [2.24, 2.45) is 5.73 Å². The van der Waals surface area contributed by atoms with Gasteiger partial charge in [0.2, 0.25) is 11.8 Å². The first kappa shape index (κ1) is 20.3. The number of primary amides is 1. The van der Waals surface area contributed by atoms with Crippen LogP contribution in [0.1, 0.15) is 35.2 Å². The molecule has 4 rings (SSSR count). The molecule has 3 N–H and O–H groups in total. The molecule has 0 aliphatic carbocycles. The highest BCUT2D eigenvalue weighted by Gasteiger charge is 2.20. The van der Waals surface area contributed by atoms with Gasteiger partial charge in [-0.05, 0) is 48.7 Å². The van der Waals surface area contributed by atoms with E-state index in [4.69, 9.17) is 26.8 Å². The Morgan fingerprint density at radius 2 is 1.83 bits per heavy atom. The maximum absolute atomic E-state index is 12.8. The lowest BCUT2D eigenvalue weighted by atomic mass is 10.1. The van der Waals surface area contributed by atoms with E-state index in [1.54, 1.807) is 24.3 Å². The number of hydrogen-bond donors (Lipinski definition) is 2. The number of nitrogens with one attached hydrogen (secondary N) is 1. The molecule has 0 unspecified atom stereocenters. The van der Waals surface area contributed by atoms with Crippen molar-refractivity contribution < 1.29 is 19.1 Å². The van der Waals surface area contributed by atoms with Gasteiger partial charge in [0.25, 0.3) is 0 Å². The molecule has 0 bridgehead atoms. The fourth-order valence-corrected chi connectivity index (χ4v) is 4.08. The van der Waals surface area contributed by atoms with Crippen molar-refractivity contribution >= 4 is 34.8 Å². The smallest absolute Gasteiger partial charge is 0.248 e. The SMILES string of the molecule is NC(=O)c1ccc(N2CCCC2)c(NC(=O)Cc2cc(Cl)c3c(c2)OCCCO3)c1. The maximum Gasteiger partial charge on any atom is 0.248 e. The van der Waals surface area contributed by atoms with E-state index < -0.39 is 5.91 Å². The second-order valence-corrected chi connectivity index (χ2v) is 7.88. The normalized spacial score (nSPS) is 15.6. The van der Waals surface area contributed by atoms with Crippen LogP contribution >= 0.6 is 11.6 Å². The van der Waals surface area contributed by atoms with Crippen molar-refractivity contribution in [1.29, 1.82) is 0 Å². The molecule has 2 heterocycles. The zero-order chi connectivity index (χ0) is 21.1. The standard InChI is InChI=1S/C22H24ClN3O4/c23-16-10-14(11-19-21(16)30-9-3-8-29-19)12-20(27)25-17-13-15(22(24)28)4-5-18(17)26-6-1-2-7-26/h4-5,10-11,13H,1-3,6-9,12H2,(H2,24,28)(H,25,27). The predicted molar refractivity (Wildman–Crippen MR) is 116 cm³/mol. The van der Waals surface area contributed by atoms with Crippen LogP contribution in [0.15, 0.2) is 30.3 Å². The molecule has 2 aromatic rings. The highest BCUT2D eigenvalue weighted by molar-refractivity contribution is 6.32. The topological polar surface area (TPSA) is 93.9 Å². The van der Waals surface area contributed by atoms with E-state index >= 15 is 0 Å². The van der Waals surface area contributed by atoms with Crippen LogP contribution in [-0.4, -0.2) is 38.1 Å². The minimum atomic E-state index is -0.534. The third-order valence-corrected chi connectivity index (χ3v) is 5.51. The Bertz CT molecular complexity index is 973. The van der Waals surface area contributed by atoms with E-state index in [-0.39, 0.29) is 12.3 Å². The molecular weight excluding hydrogens is 406 g/mol. The fourth-order valence-electron chi connectivity index (χ4n) is 3.79. The summed E-state index contributed by atoms with van der Waals surface area (Å²) in [5.74, 6) is 0.316. The summed E-state index contributed by atoms with van der Waals surface area (Å²) in [5.41, 5.74) is 7.97. The number of nitrogens with two attached hydrogens (primary N) is 1. The summed E-state index contributed by atoms with van der Waals surface area (Å²) in [6, 6.07) is 8.67. The van der Waals surface area contributed by atoms with Gasteiger partial charge in [0.1, 0.15) is 0 Å². The van der Waals surface area contributed by atoms with Crippen LogP contribution < -0.4 is 25.4 Å². The maximum atomic E-state index is 12.8.